The first-order valence-electron chi connectivity index (χ1n) is 9.06. The summed E-state index contributed by atoms with van der Waals surface area (Å²) in [7, 11) is 1.25. The lowest BCUT2D eigenvalue weighted by Gasteiger charge is -2.28. The van der Waals surface area contributed by atoms with Gasteiger partial charge in [-0.15, -0.1) is 0 Å². The topological polar surface area (TPSA) is 90.9 Å². The van der Waals surface area contributed by atoms with Gasteiger partial charge in [0, 0.05) is 6.04 Å². The molecular weight excluding hydrogens is 350 g/mol. The van der Waals surface area contributed by atoms with E-state index >= 15 is 0 Å². The standard InChI is InChI=1S/C20H27NO6/c1-6-26-17(22)14-15(18(23)27-7-2)20(4,19(24)25-5)21-16(14)13-10-8-12(3)9-11-13/h8-11,14-16,21H,6-7H2,1-5H3/t14-,15-,16-,20-/m0/s1. The van der Waals surface area contributed by atoms with Gasteiger partial charge in [0.05, 0.1) is 26.2 Å². The third kappa shape index (κ3) is 3.98. The van der Waals surface area contributed by atoms with E-state index in [1.165, 1.54) is 7.11 Å². The minimum absolute atomic E-state index is 0.136. The van der Waals surface area contributed by atoms with Crippen molar-refractivity contribution in [3.63, 3.8) is 0 Å². The Kier molecular flexibility index (Phi) is 6.59. The highest BCUT2D eigenvalue weighted by Gasteiger charge is 2.62. The molecule has 1 aromatic rings. The lowest BCUT2D eigenvalue weighted by Crippen LogP contribution is -2.53. The molecule has 7 nitrogen and oxygen atoms in total. The molecule has 0 amide bonds. The van der Waals surface area contributed by atoms with Gasteiger partial charge in [0.2, 0.25) is 0 Å². The molecule has 7 heteroatoms. The van der Waals surface area contributed by atoms with Crippen LogP contribution in [0.5, 0.6) is 0 Å². The zero-order valence-corrected chi connectivity index (χ0v) is 16.4. The van der Waals surface area contributed by atoms with Gasteiger partial charge in [0.25, 0.3) is 0 Å². The first kappa shape index (κ1) is 20.9. The predicted molar refractivity (Wildman–Crippen MR) is 97.7 cm³/mol. The van der Waals surface area contributed by atoms with Gasteiger partial charge in [-0.25, -0.2) is 0 Å². The number of esters is 3. The molecule has 0 aliphatic carbocycles. The number of hydrogen-bond acceptors (Lipinski definition) is 7. The van der Waals surface area contributed by atoms with Crippen molar-refractivity contribution in [2.45, 2.75) is 39.3 Å². The summed E-state index contributed by atoms with van der Waals surface area (Å²) in [5, 5.41) is 3.16. The van der Waals surface area contributed by atoms with E-state index in [-0.39, 0.29) is 13.2 Å². The maximum Gasteiger partial charge on any atom is 0.326 e. The van der Waals surface area contributed by atoms with Crippen LogP contribution in [0.1, 0.15) is 37.9 Å². The van der Waals surface area contributed by atoms with Crippen molar-refractivity contribution in [3.8, 4) is 0 Å². The van der Waals surface area contributed by atoms with E-state index in [4.69, 9.17) is 14.2 Å². The highest BCUT2D eigenvalue weighted by molar-refractivity contribution is 5.94. The predicted octanol–water partition coefficient (Wildman–Crippen LogP) is 1.93. The van der Waals surface area contributed by atoms with Gasteiger partial charge in [0.15, 0.2) is 0 Å². The summed E-state index contributed by atoms with van der Waals surface area (Å²) in [6.07, 6.45) is 0. The van der Waals surface area contributed by atoms with E-state index in [1.807, 2.05) is 31.2 Å². The molecule has 4 atom stereocenters. The Balaban J connectivity index is 2.57. The summed E-state index contributed by atoms with van der Waals surface area (Å²) >= 11 is 0. The van der Waals surface area contributed by atoms with E-state index in [0.717, 1.165) is 11.1 Å². The molecule has 0 radical (unpaired) electrons. The molecule has 0 saturated carbocycles. The maximum absolute atomic E-state index is 12.8. The summed E-state index contributed by atoms with van der Waals surface area (Å²) in [6, 6.07) is 6.96. The second kappa shape index (κ2) is 8.52. The number of carbonyl (C=O) groups excluding carboxylic acids is 3. The summed E-state index contributed by atoms with van der Waals surface area (Å²) in [5.74, 6) is -3.82. The van der Waals surface area contributed by atoms with Crippen molar-refractivity contribution < 1.29 is 28.6 Å². The molecule has 0 spiro atoms. The molecule has 0 aromatic heterocycles. The summed E-state index contributed by atoms with van der Waals surface area (Å²) < 4.78 is 15.3. The van der Waals surface area contributed by atoms with Crippen LogP contribution in [0.4, 0.5) is 0 Å². The quantitative estimate of drug-likeness (QED) is 0.598. The fourth-order valence-corrected chi connectivity index (χ4v) is 3.64. The first-order valence-corrected chi connectivity index (χ1v) is 9.06. The average molecular weight is 377 g/mol. The van der Waals surface area contributed by atoms with Crippen LogP contribution in [0.2, 0.25) is 0 Å². The molecule has 1 fully saturated rings. The first-order chi connectivity index (χ1) is 12.8. The van der Waals surface area contributed by atoms with Gasteiger partial charge in [-0.1, -0.05) is 29.8 Å². The van der Waals surface area contributed by atoms with Crippen molar-refractivity contribution in [1.29, 1.82) is 0 Å². The number of hydrogen-bond donors (Lipinski definition) is 1. The number of methoxy groups -OCH3 is 1. The molecule has 27 heavy (non-hydrogen) atoms. The SMILES string of the molecule is CCOC(=O)[C@H]1[C@@H](C(=O)OCC)[C@@](C)(C(=O)OC)N[C@H]1c1ccc(C)cc1. The van der Waals surface area contributed by atoms with Crippen LogP contribution in [-0.2, 0) is 28.6 Å². The molecule has 148 valence electrons. The summed E-state index contributed by atoms with van der Waals surface area (Å²) in [4.78, 5) is 38.1. The molecule has 1 aliphatic heterocycles. The van der Waals surface area contributed by atoms with Gasteiger partial charge in [-0.3, -0.25) is 19.7 Å². The number of aryl methyl sites for hydroxylation is 1. The number of nitrogens with one attached hydrogen (secondary N) is 1. The molecule has 1 heterocycles. The molecule has 2 rings (SSSR count). The Morgan fingerprint density at radius 1 is 1.04 bits per heavy atom. The minimum atomic E-state index is -1.42. The largest absolute Gasteiger partial charge is 0.468 e. The Labute approximate surface area is 159 Å². The van der Waals surface area contributed by atoms with Crippen molar-refractivity contribution in [1.82, 2.24) is 5.32 Å². The Morgan fingerprint density at radius 3 is 2.11 bits per heavy atom. The van der Waals surface area contributed by atoms with Crippen molar-refractivity contribution in [2.75, 3.05) is 20.3 Å². The molecule has 1 saturated heterocycles. The second-order valence-electron chi connectivity index (χ2n) is 6.73. The maximum atomic E-state index is 12.8. The number of rotatable bonds is 6. The smallest absolute Gasteiger partial charge is 0.326 e. The number of ether oxygens (including phenoxy) is 3. The molecule has 0 bridgehead atoms. The minimum Gasteiger partial charge on any atom is -0.468 e. The average Bonchev–Trinajstić information content (AvgIpc) is 2.96. The number of benzene rings is 1. The summed E-state index contributed by atoms with van der Waals surface area (Å²) in [5.41, 5.74) is 0.413. The molecule has 1 aliphatic rings. The fourth-order valence-electron chi connectivity index (χ4n) is 3.64. The van der Waals surface area contributed by atoms with E-state index in [1.54, 1.807) is 20.8 Å². The van der Waals surface area contributed by atoms with Crippen LogP contribution in [0, 0.1) is 18.8 Å². The van der Waals surface area contributed by atoms with Gasteiger partial charge < -0.3 is 14.2 Å². The molecule has 0 unspecified atom stereocenters. The van der Waals surface area contributed by atoms with Gasteiger partial charge in [-0.2, -0.15) is 0 Å². The van der Waals surface area contributed by atoms with Crippen LogP contribution in [0.25, 0.3) is 0 Å². The lowest BCUT2D eigenvalue weighted by atomic mass is 9.78. The van der Waals surface area contributed by atoms with E-state index in [2.05, 4.69) is 5.32 Å². The van der Waals surface area contributed by atoms with Crippen molar-refractivity contribution >= 4 is 17.9 Å². The van der Waals surface area contributed by atoms with Crippen LogP contribution in [0.3, 0.4) is 0 Å². The van der Waals surface area contributed by atoms with Crippen LogP contribution in [0.15, 0.2) is 24.3 Å². The fraction of sp³-hybridized carbons (Fsp3) is 0.550. The third-order valence-corrected chi connectivity index (χ3v) is 4.94. The van der Waals surface area contributed by atoms with Crippen molar-refractivity contribution in [3.05, 3.63) is 35.4 Å². The zero-order valence-electron chi connectivity index (χ0n) is 16.4. The molecular formula is C20H27NO6. The summed E-state index contributed by atoms with van der Waals surface area (Å²) in [6.45, 7) is 7.18. The van der Waals surface area contributed by atoms with Crippen LogP contribution >= 0.6 is 0 Å². The van der Waals surface area contributed by atoms with Gasteiger partial charge >= 0.3 is 17.9 Å². The van der Waals surface area contributed by atoms with Crippen LogP contribution < -0.4 is 5.32 Å². The van der Waals surface area contributed by atoms with Gasteiger partial charge in [0.1, 0.15) is 11.5 Å². The lowest BCUT2D eigenvalue weighted by molar-refractivity contribution is -0.165. The normalized spacial score (nSPS) is 27.1. The van der Waals surface area contributed by atoms with E-state index < -0.39 is 41.3 Å². The van der Waals surface area contributed by atoms with Crippen molar-refractivity contribution in [2.24, 2.45) is 11.8 Å². The molecule has 1 N–H and O–H groups in total. The van der Waals surface area contributed by atoms with E-state index in [0.29, 0.717) is 0 Å². The Bertz CT molecular complexity index is 701. The number of carbonyl (C=O) groups is 3. The third-order valence-electron chi connectivity index (χ3n) is 4.94. The molecule has 1 aromatic carbocycles. The van der Waals surface area contributed by atoms with Gasteiger partial charge in [-0.05, 0) is 33.3 Å². The monoisotopic (exact) mass is 377 g/mol. The van der Waals surface area contributed by atoms with Crippen LogP contribution in [-0.4, -0.2) is 43.8 Å². The zero-order chi connectivity index (χ0) is 20.2. The second-order valence-corrected chi connectivity index (χ2v) is 6.73. The highest BCUT2D eigenvalue weighted by atomic mass is 16.5. The highest BCUT2D eigenvalue weighted by Crippen LogP contribution is 2.45. The Hall–Kier alpha value is -2.41. The Morgan fingerprint density at radius 2 is 1.59 bits per heavy atom. The van der Waals surface area contributed by atoms with E-state index in [9.17, 15) is 14.4 Å².